The first-order valence-electron chi connectivity index (χ1n) is 8.10. The Morgan fingerprint density at radius 3 is 2.32 bits per heavy atom. The van der Waals surface area contributed by atoms with E-state index in [1.165, 1.54) is 16.3 Å². The molecule has 1 N–H and O–H groups in total. The van der Waals surface area contributed by atoms with Gasteiger partial charge in [-0.2, -0.15) is 0 Å². The number of rotatable bonds is 5. The molecule has 2 aromatic carbocycles. The maximum atomic E-state index is 12.2. The molecule has 126 valence electrons. The van der Waals surface area contributed by atoms with Crippen LogP contribution in [0.5, 0.6) is 0 Å². The summed E-state index contributed by atoms with van der Waals surface area (Å²) in [5, 5.41) is 2.81. The largest absolute Gasteiger partial charge is 0.350 e. The second-order valence-electron chi connectivity index (χ2n) is 5.79. The molecule has 3 rings (SSSR count). The van der Waals surface area contributed by atoms with E-state index in [-0.39, 0.29) is 11.6 Å². The van der Waals surface area contributed by atoms with Crippen LogP contribution in [0.15, 0.2) is 71.8 Å². The smallest absolute Gasteiger partial charge is 0.347 e. The quantitative estimate of drug-likeness (QED) is 0.781. The van der Waals surface area contributed by atoms with Gasteiger partial charge in [0, 0.05) is 31.0 Å². The molecule has 1 amide bonds. The molecule has 1 aromatic heterocycles. The Morgan fingerprint density at radius 1 is 1.04 bits per heavy atom. The number of hydrogen-bond donors (Lipinski definition) is 1. The minimum atomic E-state index is -0.320. The number of amides is 1. The van der Waals surface area contributed by atoms with Crippen molar-refractivity contribution in [3.05, 3.63) is 88.6 Å². The molecular formula is C20H19N3O2. The van der Waals surface area contributed by atoms with E-state index in [9.17, 15) is 9.59 Å². The molecule has 0 radical (unpaired) electrons. The van der Waals surface area contributed by atoms with Gasteiger partial charge >= 0.3 is 5.69 Å². The van der Waals surface area contributed by atoms with Crippen LogP contribution in [0.2, 0.25) is 0 Å². The Morgan fingerprint density at radius 2 is 1.68 bits per heavy atom. The second-order valence-corrected chi connectivity index (χ2v) is 5.79. The van der Waals surface area contributed by atoms with Gasteiger partial charge in [0.15, 0.2) is 0 Å². The fraction of sp³-hybridized carbons (Fsp3) is 0.150. The van der Waals surface area contributed by atoms with Crippen LogP contribution in [-0.2, 0) is 6.54 Å². The number of carbonyl (C=O) groups is 1. The molecule has 0 aliphatic rings. The molecule has 5 nitrogen and oxygen atoms in total. The highest BCUT2D eigenvalue weighted by atomic mass is 16.2. The molecule has 0 saturated heterocycles. The summed E-state index contributed by atoms with van der Waals surface area (Å²) >= 11 is 0. The van der Waals surface area contributed by atoms with E-state index in [1.807, 2.05) is 12.1 Å². The lowest BCUT2D eigenvalue weighted by molar-refractivity contribution is 0.0952. The third-order valence-electron chi connectivity index (χ3n) is 3.95. The third kappa shape index (κ3) is 4.20. The Balaban J connectivity index is 1.60. The average molecular weight is 333 g/mol. The van der Waals surface area contributed by atoms with Gasteiger partial charge in [-0.15, -0.1) is 0 Å². The molecule has 0 unspecified atom stereocenters. The fourth-order valence-electron chi connectivity index (χ4n) is 2.51. The summed E-state index contributed by atoms with van der Waals surface area (Å²) in [5.41, 5.74) is 3.67. The van der Waals surface area contributed by atoms with E-state index in [4.69, 9.17) is 0 Å². The number of carbonyl (C=O) groups excluding carboxylic acids is 1. The van der Waals surface area contributed by atoms with E-state index in [0.717, 1.165) is 11.1 Å². The Kier molecular flexibility index (Phi) is 5.04. The Labute approximate surface area is 146 Å². The van der Waals surface area contributed by atoms with Crippen LogP contribution in [-0.4, -0.2) is 22.0 Å². The minimum absolute atomic E-state index is 0.160. The summed E-state index contributed by atoms with van der Waals surface area (Å²) in [7, 11) is 0. The van der Waals surface area contributed by atoms with Gasteiger partial charge in [0.1, 0.15) is 0 Å². The maximum absolute atomic E-state index is 12.2. The Hall–Kier alpha value is -3.21. The first-order chi connectivity index (χ1) is 12.1. The summed E-state index contributed by atoms with van der Waals surface area (Å²) in [6.45, 7) is 2.81. The van der Waals surface area contributed by atoms with Gasteiger partial charge in [0.05, 0.1) is 0 Å². The molecule has 0 aliphatic heterocycles. The fourth-order valence-corrected chi connectivity index (χ4v) is 2.51. The molecule has 0 atom stereocenters. The van der Waals surface area contributed by atoms with Crippen molar-refractivity contribution in [3.8, 4) is 11.1 Å². The molecule has 5 heteroatoms. The second kappa shape index (κ2) is 7.57. The van der Waals surface area contributed by atoms with E-state index < -0.39 is 0 Å². The topological polar surface area (TPSA) is 64.0 Å². The van der Waals surface area contributed by atoms with Gasteiger partial charge in [-0.25, -0.2) is 9.78 Å². The third-order valence-corrected chi connectivity index (χ3v) is 3.95. The Bertz CT molecular complexity index is 913. The van der Waals surface area contributed by atoms with Crippen molar-refractivity contribution in [1.29, 1.82) is 0 Å². The molecule has 0 spiro atoms. The van der Waals surface area contributed by atoms with Crippen LogP contribution in [0.25, 0.3) is 11.1 Å². The van der Waals surface area contributed by atoms with Crippen molar-refractivity contribution >= 4 is 5.91 Å². The van der Waals surface area contributed by atoms with Gasteiger partial charge < -0.3 is 5.32 Å². The lowest BCUT2D eigenvalue weighted by Crippen LogP contribution is -2.31. The highest BCUT2D eigenvalue weighted by molar-refractivity contribution is 5.94. The van der Waals surface area contributed by atoms with Gasteiger partial charge in [0.2, 0.25) is 0 Å². The van der Waals surface area contributed by atoms with E-state index in [2.05, 4.69) is 41.5 Å². The maximum Gasteiger partial charge on any atom is 0.347 e. The molecule has 3 aromatic rings. The standard InChI is InChI=1S/C20H19N3O2/c1-15-3-5-16(6-4-15)17-7-9-18(10-8-17)19(24)21-12-14-23-13-2-11-22-20(23)25/h2-11,13H,12,14H2,1H3,(H,21,24). The summed E-state index contributed by atoms with van der Waals surface area (Å²) in [5.74, 6) is -0.160. The number of nitrogens with zero attached hydrogens (tertiary/aromatic N) is 2. The summed E-state index contributed by atoms with van der Waals surface area (Å²) < 4.78 is 1.46. The zero-order valence-corrected chi connectivity index (χ0v) is 14.0. The summed E-state index contributed by atoms with van der Waals surface area (Å²) in [6.07, 6.45) is 3.10. The van der Waals surface area contributed by atoms with Crippen molar-refractivity contribution in [2.75, 3.05) is 6.54 Å². The molecule has 0 bridgehead atoms. The number of hydrogen-bond acceptors (Lipinski definition) is 3. The number of nitrogens with one attached hydrogen (secondary N) is 1. The molecule has 0 aliphatic carbocycles. The van der Waals surface area contributed by atoms with Crippen LogP contribution in [0.3, 0.4) is 0 Å². The summed E-state index contributed by atoms with van der Waals surface area (Å²) in [6, 6.07) is 17.4. The van der Waals surface area contributed by atoms with Crippen molar-refractivity contribution in [2.45, 2.75) is 13.5 Å². The van der Waals surface area contributed by atoms with Crippen LogP contribution in [0.4, 0.5) is 0 Å². The highest BCUT2D eigenvalue weighted by Crippen LogP contribution is 2.20. The van der Waals surface area contributed by atoms with Crippen LogP contribution in [0, 0.1) is 6.92 Å². The molecule has 0 fully saturated rings. The zero-order valence-electron chi connectivity index (χ0n) is 14.0. The van der Waals surface area contributed by atoms with Crippen LogP contribution < -0.4 is 11.0 Å². The predicted octanol–water partition coefficient (Wildman–Crippen LogP) is 2.65. The molecule has 0 saturated carbocycles. The van der Waals surface area contributed by atoms with E-state index in [0.29, 0.717) is 18.7 Å². The molecular weight excluding hydrogens is 314 g/mol. The first kappa shape index (κ1) is 16.6. The predicted molar refractivity (Wildman–Crippen MR) is 97.4 cm³/mol. The average Bonchev–Trinajstić information content (AvgIpc) is 2.64. The lowest BCUT2D eigenvalue weighted by atomic mass is 10.0. The molecule has 25 heavy (non-hydrogen) atoms. The normalized spacial score (nSPS) is 10.4. The summed E-state index contributed by atoms with van der Waals surface area (Å²) in [4.78, 5) is 27.4. The van der Waals surface area contributed by atoms with Gasteiger partial charge in [-0.3, -0.25) is 9.36 Å². The minimum Gasteiger partial charge on any atom is -0.350 e. The van der Waals surface area contributed by atoms with Gasteiger partial charge in [-0.1, -0.05) is 42.0 Å². The van der Waals surface area contributed by atoms with Crippen molar-refractivity contribution in [1.82, 2.24) is 14.9 Å². The number of benzene rings is 2. The zero-order chi connectivity index (χ0) is 17.6. The van der Waals surface area contributed by atoms with Crippen molar-refractivity contribution in [2.24, 2.45) is 0 Å². The van der Waals surface area contributed by atoms with Crippen molar-refractivity contribution < 1.29 is 4.79 Å². The monoisotopic (exact) mass is 333 g/mol. The van der Waals surface area contributed by atoms with E-state index in [1.54, 1.807) is 24.4 Å². The lowest BCUT2D eigenvalue weighted by Gasteiger charge is -2.08. The van der Waals surface area contributed by atoms with Gasteiger partial charge in [-0.05, 0) is 36.2 Å². The number of aryl methyl sites for hydroxylation is 1. The van der Waals surface area contributed by atoms with E-state index >= 15 is 0 Å². The van der Waals surface area contributed by atoms with Crippen LogP contribution in [0.1, 0.15) is 15.9 Å². The molecule has 1 heterocycles. The first-order valence-corrected chi connectivity index (χ1v) is 8.10. The van der Waals surface area contributed by atoms with Crippen molar-refractivity contribution in [3.63, 3.8) is 0 Å². The number of aromatic nitrogens is 2. The van der Waals surface area contributed by atoms with Gasteiger partial charge in [0.25, 0.3) is 5.91 Å². The van der Waals surface area contributed by atoms with Crippen LogP contribution >= 0.6 is 0 Å². The SMILES string of the molecule is Cc1ccc(-c2ccc(C(=O)NCCn3cccnc3=O)cc2)cc1. The highest BCUT2D eigenvalue weighted by Gasteiger charge is 2.06.